The first-order chi connectivity index (χ1) is 11.6. The zero-order chi connectivity index (χ0) is 16.9. The van der Waals surface area contributed by atoms with Gasteiger partial charge in [-0.05, 0) is 37.3 Å². The van der Waals surface area contributed by atoms with E-state index in [2.05, 4.69) is 10.4 Å². The molecule has 134 valence electrons. The van der Waals surface area contributed by atoms with Gasteiger partial charge in [-0.2, -0.15) is 5.10 Å². The third-order valence-corrected chi connectivity index (χ3v) is 4.38. The highest BCUT2D eigenvalue weighted by atomic mass is 35.5. The van der Waals surface area contributed by atoms with Crippen LogP contribution in [0.15, 0.2) is 47.3 Å². The summed E-state index contributed by atoms with van der Waals surface area (Å²) >= 11 is 0. The molecule has 0 bridgehead atoms. The number of hydrogen-bond donors (Lipinski definition) is 2. The Labute approximate surface area is 152 Å². The van der Waals surface area contributed by atoms with Crippen LogP contribution in [0.1, 0.15) is 41.7 Å². The lowest BCUT2D eigenvalue weighted by atomic mass is 9.92. The molecule has 0 radical (unpaired) electrons. The van der Waals surface area contributed by atoms with Crippen LogP contribution in [0, 0.1) is 0 Å². The summed E-state index contributed by atoms with van der Waals surface area (Å²) in [5, 5.41) is 7.21. The fraction of sp³-hybridized carbons (Fsp3) is 0.389. The second kappa shape index (κ2) is 8.78. The predicted molar refractivity (Wildman–Crippen MR) is 99.0 cm³/mol. The molecular weight excluding hydrogens is 340 g/mol. The van der Waals surface area contributed by atoms with Gasteiger partial charge in [-0.3, -0.25) is 9.59 Å². The number of halogens is 1. The van der Waals surface area contributed by atoms with Gasteiger partial charge >= 0.3 is 0 Å². The highest BCUT2D eigenvalue weighted by Crippen LogP contribution is 2.17. The Kier molecular flexibility index (Phi) is 6.73. The first-order valence-electron chi connectivity index (χ1n) is 8.30. The van der Waals surface area contributed by atoms with E-state index < -0.39 is 0 Å². The van der Waals surface area contributed by atoms with Gasteiger partial charge < -0.3 is 11.1 Å². The lowest BCUT2D eigenvalue weighted by molar-refractivity contribution is 0.0918. The average molecular weight is 363 g/mol. The van der Waals surface area contributed by atoms with Crippen LogP contribution >= 0.6 is 12.4 Å². The maximum absolute atomic E-state index is 12.4. The molecular formula is C18H23ClN4O2. The molecule has 1 saturated carbocycles. The van der Waals surface area contributed by atoms with E-state index in [1.165, 1.54) is 16.8 Å². The number of carbonyl (C=O) groups is 1. The van der Waals surface area contributed by atoms with Crippen LogP contribution in [0.4, 0.5) is 0 Å². The molecule has 7 heteroatoms. The molecule has 1 aliphatic carbocycles. The number of nitrogens with zero attached hydrogens (tertiary/aromatic N) is 2. The van der Waals surface area contributed by atoms with Gasteiger partial charge in [0.15, 0.2) is 0 Å². The van der Waals surface area contributed by atoms with E-state index in [1.807, 2.05) is 30.3 Å². The Morgan fingerprint density at radius 3 is 2.48 bits per heavy atom. The van der Waals surface area contributed by atoms with Crippen molar-refractivity contribution in [3.05, 3.63) is 64.1 Å². The van der Waals surface area contributed by atoms with Crippen LogP contribution in [0.3, 0.4) is 0 Å². The predicted octanol–water partition coefficient (Wildman–Crippen LogP) is 1.71. The van der Waals surface area contributed by atoms with Crippen LogP contribution in [-0.4, -0.2) is 27.8 Å². The quantitative estimate of drug-likeness (QED) is 0.866. The molecule has 0 spiro atoms. The summed E-state index contributed by atoms with van der Waals surface area (Å²) in [7, 11) is 0. The average Bonchev–Trinajstić information content (AvgIpc) is 2.60. The molecule has 1 amide bonds. The third-order valence-electron chi connectivity index (χ3n) is 4.38. The Balaban J connectivity index is 0.00000225. The summed E-state index contributed by atoms with van der Waals surface area (Å²) in [6.07, 6.45) is 3.62. The summed E-state index contributed by atoms with van der Waals surface area (Å²) < 4.78 is 1.32. The van der Waals surface area contributed by atoms with Crippen LogP contribution < -0.4 is 16.6 Å². The molecule has 6 nitrogen and oxygen atoms in total. The topological polar surface area (TPSA) is 90.0 Å². The van der Waals surface area contributed by atoms with Crippen LogP contribution in [0.25, 0.3) is 0 Å². The molecule has 0 atom stereocenters. The summed E-state index contributed by atoms with van der Waals surface area (Å²) in [6.45, 7) is 0.346. The normalized spacial score (nSPS) is 19.7. The molecule has 1 aliphatic rings. The van der Waals surface area contributed by atoms with E-state index in [-0.39, 0.29) is 41.7 Å². The molecule has 25 heavy (non-hydrogen) atoms. The van der Waals surface area contributed by atoms with Gasteiger partial charge in [0.05, 0.1) is 6.54 Å². The molecule has 3 rings (SSSR count). The van der Waals surface area contributed by atoms with Gasteiger partial charge in [-0.1, -0.05) is 30.3 Å². The molecule has 2 aromatic rings. The maximum Gasteiger partial charge on any atom is 0.271 e. The second-order valence-electron chi connectivity index (χ2n) is 6.29. The van der Waals surface area contributed by atoms with Gasteiger partial charge in [-0.15, -0.1) is 12.4 Å². The highest BCUT2D eigenvalue weighted by molar-refractivity contribution is 5.92. The van der Waals surface area contributed by atoms with Gasteiger partial charge in [-0.25, -0.2) is 4.68 Å². The zero-order valence-corrected chi connectivity index (χ0v) is 14.7. The first kappa shape index (κ1) is 19.1. The number of amides is 1. The molecule has 1 aromatic carbocycles. The van der Waals surface area contributed by atoms with Crippen molar-refractivity contribution in [3.8, 4) is 0 Å². The first-order valence-corrected chi connectivity index (χ1v) is 8.30. The van der Waals surface area contributed by atoms with E-state index in [4.69, 9.17) is 5.73 Å². The Morgan fingerprint density at radius 2 is 1.80 bits per heavy atom. The van der Waals surface area contributed by atoms with Crippen molar-refractivity contribution < 1.29 is 4.79 Å². The Bertz CT molecular complexity index is 755. The van der Waals surface area contributed by atoms with Gasteiger partial charge in [0, 0.05) is 18.2 Å². The summed E-state index contributed by atoms with van der Waals surface area (Å²) in [5.41, 5.74) is 6.89. The minimum atomic E-state index is -0.239. The number of benzene rings is 1. The second-order valence-corrected chi connectivity index (χ2v) is 6.29. The van der Waals surface area contributed by atoms with Crippen LogP contribution in [-0.2, 0) is 6.54 Å². The monoisotopic (exact) mass is 362 g/mol. The van der Waals surface area contributed by atoms with E-state index >= 15 is 0 Å². The number of carbonyl (C=O) groups excluding carboxylic acids is 1. The fourth-order valence-electron chi connectivity index (χ4n) is 2.96. The SMILES string of the molecule is Cl.NC1CCC(NC(=O)c2ccc(=O)n(Cc3ccccc3)n2)CC1. The van der Waals surface area contributed by atoms with Crippen molar-refractivity contribution in [2.45, 2.75) is 44.3 Å². The number of hydrogen-bond acceptors (Lipinski definition) is 4. The summed E-state index contributed by atoms with van der Waals surface area (Å²) in [6, 6.07) is 12.8. The van der Waals surface area contributed by atoms with Gasteiger partial charge in [0.25, 0.3) is 11.5 Å². The van der Waals surface area contributed by atoms with E-state index in [0.29, 0.717) is 6.54 Å². The minimum Gasteiger partial charge on any atom is -0.348 e. The van der Waals surface area contributed by atoms with Crippen molar-refractivity contribution in [3.63, 3.8) is 0 Å². The molecule has 3 N–H and O–H groups in total. The number of aromatic nitrogens is 2. The number of nitrogens with one attached hydrogen (secondary N) is 1. The number of nitrogens with two attached hydrogens (primary N) is 1. The lowest BCUT2D eigenvalue weighted by Crippen LogP contribution is -2.41. The highest BCUT2D eigenvalue weighted by Gasteiger charge is 2.21. The molecule has 0 saturated heterocycles. The van der Waals surface area contributed by atoms with Gasteiger partial charge in [0.1, 0.15) is 5.69 Å². The number of rotatable bonds is 4. The van der Waals surface area contributed by atoms with Crippen molar-refractivity contribution in [2.24, 2.45) is 5.73 Å². The van der Waals surface area contributed by atoms with Crippen molar-refractivity contribution in [2.75, 3.05) is 0 Å². The summed E-state index contributed by atoms with van der Waals surface area (Å²) in [5.74, 6) is -0.239. The van der Waals surface area contributed by atoms with Crippen molar-refractivity contribution in [1.29, 1.82) is 0 Å². The van der Waals surface area contributed by atoms with Crippen molar-refractivity contribution in [1.82, 2.24) is 15.1 Å². The standard InChI is InChI=1S/C18H22N4O2.ClH/c19-14-6-8-15(9-7-14)20-18(24)16-10-11-17(23)22(21-16)12-13-4-2-1-3-5-13;/h1-5,10-11,14-15H,6-9,12,19H2,(H,20,24);1H. The molecule has 1 heterocycles. The molecule has 1 fully saturated rings. The van der Waals surface area contributed by atoms with Crippen LogP contribution in [0.5, 0.6) is 0 Å². The smallest absolute Gasteiger partial charge is 0.271 e. The van der Waals surface area contributed by atoms with Crippen molar-refractivity contribution >= 4 is 18.3 Å². The van der Waals surface area contributed by atoms with Gasteiger partial charge in [0.2, 0.25) is 0 Å². The Morgan fingerprint density at radius 1 is 1.12 bits per heavy atom. The zero-order valence-electron chi connectivity index (χ0n) is 13.9. The van der Waals surface area contributed by atoms with E-state index in [1.54, 1.807) is 0 Å². The molecule has 0 aliphatic heterocycles. The third kappa shape index (κ3) is 5.14. The van der Waals surface area contributed by atoms with E-state index in [0.717, 1.165) is 31.2 Å². The largest absolute Gasteiger partial charge is 0.348 e. The van der Waals surface area contributed by atoms with Crippen LogP contribution in [0.2, 0.25) is 0 Å². The molecule has 1 aromatic heterocycles. The van der Waals surface area contributed by atoms with E-state index in [9.17, 15) is 9.59 Å². The molecule has 0 unspecified atom stereocenters. The fourth-order valence-corrected chi connectivity index (χ4v) is 2.96. The minimum absolute atomic E-state index is 0. The lowest BCUT2D eigenvalue weighted by Gasteiger charge is -2.26. The Hall–Kier alpha value is -2.18. The summed E-state index contributed by atoms with van der Waals surface area (Å²) in [4.78, 5) is 24.4. The maximum atomic E-state index is 12.4.